The first-order valence-electron chi connectivity index (χ1n) is 8.50. The molecular formula is C18H25F2NO3S. The van der Waals surface area contributed by atoms with Crippen LogP contribution in [0.4, 0.5) is 8.78 Å². The van der Waals surface area contributed by atoms with Gasteiger partial charge in [-0.1, -0.05) is 0 Å². The Morgan fingerprint density at radius 1 is 1.24 bits per heavy atom. The van der Waals surface area contributed by atoms with Gasteiger partial charge in [0.1, 0.15) is 11.6 Å². The van der Waals surface area contributed by atoms with Crippen LogP contribution in [0.25, 0.3) is 0 Å². The Bertz CT molecular complexity index is 610. The van der Waals surface area contributed by atoms with Gasteiger partial charge in [0.15, 0.2) is 0 Å². The average molecular weight is 373 g/mol. The quantitative estimate of drug-likeness (QED) is 0.718. The molecular weight excluding hydrogens is 348 g/mol. The Morgan fingerprint density at radius 2 is 1.80 bits per heavy atom. The molecule has 7 heteroatoms. The summed E-state index contributed by atoms with van der Waals surface area (Å²) < 4.78 is 46.0. The molecule has 1 aromatic carbocycles. The summed E-state index contributed by atoms with van der Waals surface area (Å²) in [5.41, 5.74) is 0.481. The molecule has 0 saturated carbocycles. The molecule has 1 fully saturated rings. The fourth-order valence-electron chi connectivity index (χ4n) is 3.37. The summed E-state index contributed by atoms with van der Waals surface area (Å²) in [6, 6.07) is 3.41. The zero-order chi connectivity index (χ0) is 18.6. The summed E-state index contributed by atoms with van der Waals surface area (Å²) in [6.07, 6.45) is 2.93. The molecule has 1 aliphatic heterocycles. The molecule has 1 aromatic rings. The highest BCUT2D eigenvalue weighted by Crippen LogP contribution is 2.36. The van der Waals surface area contributed by atoms with Gasteiger partial charge in [-0.3, -0.25) is 4.79 Å². The van der Waals surface area contributed by atoms with Crippen molar-refractivity contribution in [1.82, 2.24) is 4.31 Å². The van der Waals surface area contributed by atoms with Gasteiger partial charge in [0.25, 0.3) is 0 Å². The highest BCUT2D eigenvalue weighted by atomic mass is 32.2. The van der Waals surface area contributed by atoms with Crippen LogP contribution in [0.2, 0.25) is 0 Å². The number of rotatable bonds is 6. The van der Waals surface area contributed by atoms with Crippen molar-refractivity contribution in [3.05, 3.63) is 35.4 Å². The SMILES string of the molecule is CC(C)OC(=O)CC(c1cc(F)cc(F)c1)C1CCN(S(C)=O)CC1. The van der Waals surface area contributed by atoms with Crippen molar-refractivity contribution in [1.29, 1.82) is 0 Å². The standard InChI is InChI=1S/C18H25F2NO3S/c1-12(2)24-18(22)11-17(14-8-15(19)10-16(20)9-14)13-4-6-21(7-5-13)25(3)23/h8-10,12-13,17H,4-7,11H2,1-3H3. The van der Waals surface area contributed by atoms with Crippen LogP contribution in [0.5, 0.6) is 0 Å². The number of carbonyl (C=O) groups excluding carboxylic acids is 1. The lowest BCUT2D eigenvalue weighted by Gasteiger charge is -2.35. The van der Waals surface area contributed by atoms with E-state index in [-0.39, 0.29) is 30.3 Å². The van der Waals surface area contributed by atoms with E-state index in [2.05, 4.69) is 0 Å². The molecule has 25 heavy (non-hydrogen) atoms. The zero-order valence-electron chi connectivity index (χ0n) is 14.8. The number of nitrogens with zero attached hydrogens (tertiary/aromatic N) is 1. The fourth-order valence-corrected chi connectivity index (χ4v) is 4.10. The van der Waals surface area contributed by atoms with Crippen LogP contribution in [0.1, 0.15) is 44.6 Å². The lowest BCUT2D eigenvalue weighted by atomic mass is 9.78. The Morgan fingerprint density at radius 3 is 2.28 bits per heavy atom. The number of hydrogen-bond acceptors (Lipinski definition) is 3. The lowest BCUT2D eigenvalue weighted by molar-refractivity contribution is -0.148. The van der Waals surface area contributed by atoms with Gasteiger partial charge in [-0.2, -0.15) is 0 Å². The molecule has 2 unspecified atom stereocenters. The second kappa shape index (κ2) is 8.85. The first-order chi connectivity index (χ1) is 11.8. The highest BCUT2D eigenvalue weighted by molar-refractivity contribution is 7.81. The predicted molar refractivity (Wildman–Crippen MR) is 93.3 cm³/mol. The first-order valence-corrected chi connectivity index (χ1v) is 10.0. The summed E-state index contributed by atoms with van der Waals surface area (Å²) in [5.74, 6) is -1.90. The highest BCUT2D eigenvalue weighted by Gasteiger charge is 2.31. The topological polar surface area (TPSA) is 46.6 Å². The second-order valence-electron chi connectivity index (χ2n) is 6.74. The first kappa shape index (κ1) is 20.0. The van der Waals surface area contributed by atoms with Gasteiger partial charge in [-0.05, 0) is 56.2 Å². The molecule has 1 saturated heterocycles. The Kier molecular flexibility index (Phi) is 7.07. The molecule has 0 aliphatic carbocycles. The normalized spacial score (nSPS) is 19.0. The van der Waals surface area contributed by atoms with E-state index in [1.807, 2.05) is 4.31 Å². The van der Waals surface area contributed by atoms with E-state index in [1.165, 1.54) is 12.1 Å². The molecule has 0 aromatic heterocycles. The van der Waals surface area contributed by atoms with E-state index in [0.29, 0.717) is 18.7 Å². The van der Waals surface area contributed by atoms with Gasteiger partial charge in [-0.15, -0.1) is 0 Å². The van der Waals surface area contributed by atoms with Crippen molar-refractivity contribution >= 4 is 17.0 Å². The van der Waals surface area contributed by atoms with Crippen LogP contribution in [0.3, 0.4) is 0 Å². The third-order valence-electron chi connectivity index (χ3n) is 4.50. The molecule has 2 rings (SSSR count). The van der Waals surface area contributed by atoms with Gasteiger partial charge in [0, 0.05) is 25.4 Å². The maximum atomic E-state index is 13.7. The van der Waals surface area contributed by atoms with Gasteiger partial charge in [-0.25, -0.2) is 17.3 Å². The van der Waals surface area contributed by atoms with E-state index in [0.717, 1.165) is 18.9 Å². The van der Waals surface area contributed by atoms with Crippen LogP contribution in [0.15, 0.2) is 18.2 Å². The summed E-state index contributed by atoms with van der Waals surface area (Å²) in [5, 5.41) is 0. The van der Waals surface area contributed by atoms with E-state index in [9.17, 15) is 17.8 Å². The minimum atomic E-state index is -1.03. The van der Waals surface area contributed by atoms with Crippen LogP contribution in [0, 0.1) is 17.6 Å². The van der Waals surface area contributed by atoms with Crippen molar-refractivity contribution in [2.75, 3.05) is 19.3 Å². The number of esters is 1. The molecule has 1 aliphatic rings. The smallest absolute Gasteiger partial charge is 0.306 e. The van der Waals surface area contributed by atoms with Crippen LogP contribution in [-0.4, -0.2) is 39.9 Å². The van der Waals surface area contributed by atoms with Crippen LogP contribution in [-0.2, 0) is 20.5 Å². The molecule has 2 atom stereocenters. The maximum absolute atomic E-state index is 13.7. The minimum Gasteiger partial charge on any atom is -0.463 e. The number of benzene rings is 1. The van der Waals surface area contributed by atoms with Crippen molar-refractivity contribution < 1.29 is 22.5 Å². The number of piperidine rings is 1. The third-order valence-corrected chi connectivity index (χ3v) is 5.59. The van der Waals surface area contributed by atoms with E-state index in [1.54, 1.807) is 20.1 Å². The van der Waals surface area contributed by atoms with Gasteiger partial charge >= 0.3 is 5.97 Å². The number of carbonyl (C=O) groups is 1. The van der Waals surface area contributed by atoms with Crippen molar-refractivity contribution in [2.45, 2.75) is 45.1 Å². The average Bonchev–Trinajstić information content (AvgIpc) is 2.51. The van der Waals surface area contributed by atoms with Gasteiger partial charge in [0.05, 0.1) is 23.5 Å². The maximum Gasteiger partial charge on any atom is 0.306 e. The van der Waals surface area contributed by atoms with Crippen molar-refractivity contribution in [2.24, 2.45) is 5.92 Å². The Hall–Kier alpha value is -1.34. The third kappa shape index (κ3) is 5.85. The molecule has 0 spiro atoms. The number of halogens is 2. The predicted octanol–water partition coefficient (Wildman–Crippen LogP) is 3.40. The summed E-state index contributed by atoms with van der Waals surface area (Å²) in [7, 11) is -1.03. The minimum absolute atomic E-state index is 0.0840. The number of ether oxygens (including phenoxy) is 1. The fraction of sp³-hybridized carbons (Fsp3) is 0.611. The molecule has 140 valence electrons. The zero-order valence-corrected chi connectivity index (χ0v) is 15.7. The molecule has 0 bridgehead atoms. The summed E-state index contributed by atoms with van der Waals surface area (Å²) in [4.78, 5) is 12.2. The lowest BCUT2D eigenvalue weighted by Crippen LogP contribution is -2.37. The molecule has 4 nitrogen and oxygen atoms in total. The molecule has 1 heterocycles. The molecule has 0 amide bonds. The van der Waals surface area contributed by atoms with Gasteiger partial charge < -0.3 is 4.74 Å². The summed E-state index contributed by atoms with van der Waals surface area (Å²) in [6.45, 7) is 4.82. The summed E-state index contributed by atoms with van der Waals surface area (Å²) >= 11 is 0. The van der Waals surface area contributed by atoms with Gasteiger partial charge in [0.2, 0.25) is 0 Å². The van der Waals surface area contributed by atoms with Crippen LogP contribution >= 0.6 is 0 Å². The van der Waals surface area contributed by atoms with Crippen molar-refractivity contribution in [3.63, 3.8) is 0 Å². The Balaban J connectivity index is 2.20. The second-order valence-corrected chi connectivity index (χ2v) is 8.11. The number of hydrogen-bond donors (Lipinski definition) is 0. The van der Waals surface area contributed by atoms with E-state index in [4.69, 9.17) is 4.74 Å². The van der Waals surface area contributed by atoms with Crippen LogP contribution < -0.4 is 0 Å². The molecule has 0 radical (unpaired) electrons. The van der Waals surface area contributed by atoms with Crippen molar-refractivity contribution in [3.8, 4) is 0 Å². The monoisotopic (exact) mass is 373 g/mol. The molecule has 0 N–H and O–H groups in total. The Labute approximate surface area is 150 Å². The van der Waals surface area contributed by atoms with E-state index < -0.39 is 22.6 Å². The largest absolute Gasteiger partial charge is 0.463 e. The van der Waals surface area contributed by atoms with E-state index >= 15 is 0 Å².